The molecular weight excluding hydrogens is 242 g/mol. The lowest BCUT2D eigenvalue weighted by Crippen LogP contribution is -2.41. The maximum atomic E-state index is 6.26. The molecule has 0 aliphatic carbocycles. The second-order valence-electron chi connectivity index (χ2n) is 5.46. The van der Waals surface area contributed by atoms with E-state index in [1.54, 1.807) is 0 Å². The highest BCUT2D eigenvalue weighted by Crippen LogP contribution is 2.31. The van der Waals surface area contributed by atoms with Crippen molar-refractivity contribution in [3.8, 4) is 0 Å². The van der Waals surface area contributed by atoms with Crippen molar-refractivity contribution in [2.45, 2.75) is 32.4 Å². The molecule has 1 aliphatic rings. The average Bonchev–Trinajstić information content (AvgIpc) is 2.59. The summed E-state index contributed by atoms with van der Waals surface area (Å²) >= 11 is 1.85. The monoisotopic (exact) mass is 267 g/mol. The first-order valence-electron chi connectivity index (χ1n) is 6.81. The van der Waals surface area contributed by atoms with Crippen LogP contribution in [-0.4, -0.2) is 49.1 Å². The Labute approximate surface area is 115 Å². The molecular formula is C14H25N3S. The molecule has 2 rings (SSSR count). The minimum atomic E-state index is 0.186. The SMILES string of the molecule is Cc1ccsc1C(C(C)N)N1CCCN(C)CC1. The van der Waals surface area contributed by atoms with Gasteiger partial charge in [0.15, 0.2) is 0 Å². The largest absolute Gasteiger partial charge is 0.326 e. The molecule has 0 bridgehead atoms. The molecule has 0 spiro atoms. The molecule has 0 radical (unpaired) electrons. The topological polar surface area (TPSA) is 32.5 Å². The van der Waals surface area contributed by atoms with Gasteiger partial charge in [0, 0.05) is 30.6 Å². The quantitative estimate of drug-likeness (QED) is 0.910. The smallest absolute Gasteiger partial charge is 0.0593 e. The van der Waals surface area contributed by atoms with Crippen molar-refractivity contribution >= 4 is 11.3 Å². The summed E-state index contributed by atoms with van der Waals surface area (Å²) in [5.74, 6) is 0. The van der Waals surface area contributed by atoms with Gasteiger partial charge in [-0.1, -0.05) is 0 Å². The molecule has 1 aromatic heterocycles. The molecule has 0 aromatic carbocycles. The molecule has 2 unspecified atom stereocenters. The first-order chi connectivity index (χ1) is 8.59. The van der Waals surface area contributed by atoms with Crippen molar-refractivity contribution < 1.29 is 0 Å². The fourth-order valence-electron chi connectivity index (χ4n) is 2.77. The summed E-state index contributed by atoms with van der Waals surface area (Å²) in [7, 11) is 2.21. The van der Waals surface area contributed by atoms with E-state index in [1.807, 2.05) is 11.3 Å². The second-order valence-corrected chi connectivity index (χ2v) is 6.41. The van der Waals surface area contributed by atoms with Crippen LogP contribution in [-0.2, 0) is 0 Å². The van der Waals surface area contributed by atoms with E-state index in [2.05, 4.69) is 42.1 Å². The Kier molecular flexibility index (Phi) is 4.78. The summed E-state index contributed by atoms with van der Waals surface area (Å²) in [4.78, 5) is 6.45. The van der Waals surface area contributed by atoms with Crippen molar-refractivity contribution in [2.75, 3.05) is 33.2 Å². The molecule has 3 nitrogen and oxygen atoms in total. The summed E-state index contributed by atoms with van der Waals surface area (Å²) in [5, 5.41) is 2.18. The predicted octanol–water partition coefficient (Wildman–Crippen LogP) is 2.08. The zero-order valence-corrected chi connectivity index (χ0v) is 12.5. The van der Waals surface area contributed by atoms with Crippen LogP contribution >= 0.6 is 11.3 Å². The summed E-state index contributed by atoms with van der Waals surface area (Å²) in [6.07, 6.45) is 1.24. The van der Waals surface area contributed by atoms with Crippen molar-refractivity contribution in [1.29, 1.82) is 0 Å². The molecule has 4 heteroatoms. The molecule has 18 heavy (non-hydrogen) atoms. The Hall–Kier alpha value is -0.420. The Morgan fingerprint density at radius 3 is 2.67 bits per heavy atom. The summed E-state index contributed by atoms with van der Waals surface area (Å²) in [6, 6.07) is 2.78. The fourth-order valence-corrected chi connectivity index (χ4v) is 3.95. The van der Waals surface area contributed by atoms with Crippen LogP contribution in [0.3, 0.4) is 0 Å². The van der Waals surface area contributed by atoms with E-state index in [9.17, 15) is 0 Å². The third kappa shape index (κ3) is 3.12. The molecule has 0 saturated carbocycles. The van der Waals surface area contributed by atoms with Gasteiger partial charge in [-0.2, -0.15) is 0 Å². The summed E-state index contributed by atoms with van der Waals surface area (Å²) in [6.45, 7) is 8.97. The van der Waals surface area contributed by atoms with Gasteiger partial charge in [-0.25, -0.2) is 0 Å². The number of nitrogens with zero attached hydrogens (tertiary/aromatic N) is 2. The van der Waals surface area contributed by atoms with Crippen LogP contribution < -0.4 is 5.73 Å². The van der Waals surface area contributed by atoms with E-state index in [0.717, 1.165) is 19.6 Å². The zero-order valence-electron chi connectivity index (χ0n) is 11.7. The molecule has 2 heterocycles. The van der Waals surface area contributed by atoms with Gasteiger partial charge in [0.1, 0.15) is 0 Å². The van der Waals surface area contributed by atoms with Gasteiger partial charge >= 0.3 is 0 Å². The minimum Gasteiger partial charge on any atom is -0.326 e. The molecule has 1 aliphatic heterocycles. The highest BCUT2D eigenvalue weighted by atomic mass is 32.1. The first kappa shape index (κ1) is 14.0. The fraction of sp³-hybridized carbons (Fsp3) is 0.714. The van der Waals surface area contributed by atoms with Gasteiger partial charge in [0.25, 0.3) is 0 Å². The van der Waals surface area contributed by atoms with Gasteiger partial charge in [0.2, 0.25) is 0 Å². The number of aryl methyl sites for hydroxylation is 1. The van der Waals surface area contributed by atoms with E-state index in [-0.39, 0.29) is 6.04 Å². The second kappa shape index (κ2) is 6.15. The van der Waals surface area contributed by atoms with Crippen molar-refractivity contribution in [1.82, 2.24) is 9.80 Å². The number of rotatable bonds is 3. The predicted molar refractivity (Wildman–Crippen MR) is 79.1 cm³/mol. The lowest BCUT2D eigenvalue weighted by Gasteiger charge is -2.33. The van der Waals surface area contributed by atoms with Crippen LogP contribution in [0.15, 0.2) is 11.4 Å². The third-order valence-electron chi connectivity index (χ3n) is 3.82. The van der Waals surface area contributed by atoms with Gasteiger partial charge < -0.3 is 10.6 Å². The van der Waals surface area contributed by atoms with Crippen molar-refractivity contribution in [3.05, 3.63) is 21.9 Å². The number of likely N-dealkylation sites (N-methyl/N-ethyl adjacent to an activating group) is 1. The number of nitrogens with two attached hydrogens (primary N) is 1. The zero-order chi connectivity index (χ0) is 13.1. The number of hydrogen-bond acceptors (Lipinski definition) is 4. The van der Waals surface area contributed by atoms with Crippen molar-refractivity contribution in [3.63, 3.8) is 0 Å². The van der Waals surface area contributed by atoms with Crippen LogP contribution in [0, 0.1) is 6.92 Å². The number of thiophene rings is 1. The van der Waals surface area contributed by atoms with Gasteiger partial charge in [-0.3, -0.25) is 4.90 Å². The molecule has 1 aromatic rings. The molecule has 0 amide bonds. The van der Waals surface area contributed by atoms with E-state index >= 15 is 0 Å². The molecule has 102 valence electrons. The van der Waals surface area contributed by atoms with Gasteiger partial charge in [0.05, 0.1) is 6.04 Å². The Balaban J connectivity index is 2.17. The normalized spacial score (nSPS) is 22.7. The maximum Gasteiger partial charge on any atom is 0.0593 e. The van der Waals surface area contributed by atoms with Crippen LogP contribution in [0.4, 0.5) is 0 Å². The average molecular weight is 267 g/mol. The van der Waals surface area contributed by atoms with E-state index in [0.29, 0.717) is 6.04 Å². The van der Waals surface area contributed by atoms with Gasteiger partial charge in [-0.05, 0) is 50.9 Å². The van der Waals surface area contributed by atoms with Crippen molar-refractivity contribution in [2.24, 2.45) is 5.73 Å². The van der Waals surface area contributed by atoms with Crippen LogP contribution in [0.1, 0.15) is 29.8 Å². The Bertz CT molecular complexity index is 375. The minimum absolute atomic E-state index is 0.186. The number of hydrogen-bond donors (Lipinski definition) is 1. The lowest BCUT2D eigenvalue weighted by atomic mass is 10.0. The third-order valence-corrected chi connectivity index (χ3v) is 4.91. The Morgan fingerprint density at radius 1 is 1.28 bits per heavy atom. The van der Waals surface area contributed by atoms with Crippen LogP contribution in [0.25, 0.3) is 0 Å². The first-order valence-corrected chi connectivity index (χ1v) is 7.69. The molecule has 1 fully saturated rings. The van der Waals surface area contributed by atoms with E-state index < -0.39 is 0 Å². The van der Waals surface area contributed by atoms with E-state index in [1.165, 1.54) is 23.4 Å². The molecule has 2 atom stereocenters. The summed E-state index contributed by atoms with van der Waals surface area (Å²) in [5.41, 5.74) is 7.65. The summed E-state index contributed by atoms with van der Waals surface area (Å²) < 4.78 is 0. The molecule has 2 N–H and O–H groups in total. The standard InChI is InChI=1S/C14H25N3S/c1-11-5-10-18-14(11)13(12(2)15)17-7-4-6-16(3)8-9-17/h5,10,12-13H,4,6-9,15H2,1-3H3. The lowest BCUT2D eigenvalue weighted by molar-refractivity contribution is 0.185. The Morgan fingerprint density at radius 2 is 2.06 bits per heavy atom. The van der Waals surface area contributed by atoms with Crippen LogP contribution in [0.5, 0.6) is 0 Å². The molecule has 1 saturated heterocycles. The van der Waals surface area contributed by atoms with E-state index in [4.69, 9.17) is 5.73 Å². The highest BCUT2D eigenvalue weighted by Gasteiger charge is 2.27. The maximum absolute atomic E-state index is 6.26. The highest BCUT2D eigenvalue weighted by molar-refractivity contribution is 7.10. The van der Waals surface area contributed by atoms with Crippen LogP contribution in [0.2, 0.25) is 0 Å². The van der Waals surface area contributed by atoms with Gasteiger partial charge in [-0.15, -0.1) is 11.3 Å².